The number of thioether (sulfide) groups is 1. The second kappa shape index (κ2) is 11.6. The van der Waals surface area contributed by atoms with Gasteiger partial charge in [-0.2, -0.15) is 0 Å². The standard InChI is InChI=1S/C25H26N2O3S2/c1-3-30-21-13-8-7-12-20(21)26-23(28)14-9-15-27-24(29)22(32-25(27)31)17-18(2)16-19-10-5-4-6-11-19/h4-8,10-13,16-17H,3,9,14-15H2,1-2H3,(H,26,28). The Bertz CT molecular complexity index is 1050. The van der Waals surface area contributed by atoms with Gasteiger partial charge in [-0.05, 0) is 49.6 Å². The third-order valence-corrected chi connectivity index (χ3v) is 6.05. The van der Waals surface area contributed by atoms with Crippen molar-refractivity contribution in [3.8, 4) is 5.75 Å². The maximum absolute atomic E-state index is 12.8. The van der Waals surface area contributed by atoms with Crippen molar-refractivity contribution in [3.05, 3.63) is 76.7 Å². The minimum Gasteiger partial charge on any atom is -0.492 e. The van der Waals surface area contributed by atoms with Crippen LogP contribution in [0.4, 0.5) is 5.69 Å². The molecule has 0 aliphatic carbocycles. The second-order valence-electron chi connectivity index (χ2n) is 7.21. The highest BCUT2D eigenvalue weighted by atomic mass is 32.2. The highest BCUT2D eigenvalue weighted by molar-refractivity contribution is 8.26. The van der Waals surface area contributed by atoms with Gasteiger partial charge in [0.05, 0.1) is 17.2 Å². The van der Waals surface area contributed by atoms with Crippen LogP contribution in [0.5, 0.6) is 5.75 Å². The number of amides is 2. The number of rotatable bonds is 9. The van der Waals surface area contributed by atoms with Crippen LogP contribution in [0.15, 0.2) is 71.2 Å². The predicted molar refractivity (Wildman–Crippen MR) is 136 cm³/mol. The number of para-hydroxylation sites is 2. The zero-order valence-corrected chi connectivity index (χ0v) is 19.8. The summed E-state index contributed by atoms with van der Waals surface area (Å²) in [6.45, 7) is 4.79. The Morgan fingerprint density at radius 2 is 1.88 bits per heavy atom. The summed E-state index contributed by atoms with van der Waals surface area (Å²) in [6.07, 6.45) is 4.69. The number of nitrogens with zero attached hydrogens (tertiary/aromatic N) is 1. The SMILES string of the molecule is CCOc1ccccc1NC(=O)CCCN1C(=O)C(=CC(C)=Cc2ccccc2)SC1=S. The molecular weight excluding hydrogens is 440 g/mol. The second-order valence-corrected chi connectivity index (χ2v) is 8.89. The van der Waals surface area contributed by atoms with Crippen molar-refractivity contribution < 1.29 is 14.3 Å². The Morgan fingerprint density at radius 3 is 2.62 bits per heavy atom. The van der Waals surface area contributed by atoms with Crippen LogP contribution in [0.1, 0.15) is 32.3 Å². The predicted octanol–water partition coefficient (Wildman–Crippen LogP) is 5.65. The maximum atomic E-state index is 12.8. The Morgan fingerprint density at radius 1 is 1.16 bits per heavy atom. The maximum Gasteiger partial charge on any atom is 0.266 e. The minimum absolute atomic E-state index is 0.108. The van der Waals surface area contributed by atoms with Gasteiger partial charge in [-0.1, -0.05) is 72.5 Å². The van der Waals surface area contributed by atoms with E-state index in [1.54, 1.807) is 11.0 Å². The summed E-state index contributed by atoms with van der Waals surface area (Å²) in [5.74, 6) is 0.409. The van der Waals surface area contributed by atoms with Gasteiger partial charge in [-0.15, -0.1) is 0 Å². The summed E-state index contributed by atoms with van der Waals surface area (Å²) in [5, 5.41) is 2.88. The van der Waals surface area contributed by atoms with Crippen LogP contribution < -0.4 is 10.1 Å². The molecule has 1 saturated heterocycles. The van der Waals surface area contributed by atoms with E-state index >= 15 is 0 Å². The summed E-state index contributed by atoms with van der Waals surface area (Å²) < 4.78 is 6.06. The number of ether oxygens (including phenoxy) is 1. The number of carbonyl (C=O) groups excluding carboxylic acids is 2. The molecule has 5 nitrogen and oxygen atoms in total. The molecule has 0 bridgehead atoms. The van der Waals surface area contributed by atoms with Crippen molar-refractivity contribution in [1.82, 2.24) is 4.90 Å². The summed E-state index contributed by atoms with van der Waals surface area (Å²) in [5.41, 5.74) is 2.70. The third-order valence-electron chi connectivity index (χ3n) is 4.67. The van der Waals surface area contributed by atoms with Crippen LogP contribution in [0.2, 0.25) is 0 Å². The smallest absolute Gasteiger partial charge is 0.266 e. The Hall–Kier alpha value is -2.90. The van der Waals surface area contributed by atoms with E-state index in [1.165, 1.54) is 11.8 Å². The molecule has 1 N–H and O–H groups in total. The lowest BCUT2D eigenvalue weighted by atomic mass is 10.1. The van der Waals surface area contributed by atoms with Crippen LogP contribution in [0.3, 0.4) is 0 Å². The molecule has 0 unspecified atom stereocenters. The lowest BCUT2D eigenvalue weighted by Gasteiger charge is -2.14. The first-order valence-electron chi connectivity index (χ1n) is 10.5. The fourth-order valence-corrected chi connectivity index (χ4v) is 4.57. The summed E-state index contributed by atoms with van der Waals surface area (Å²) in [7, 11) is 0. The third kappa shape index (κ3) is 6.55. The highest BCUT2D eigenvalue weighted by Crippen LogP contribution is 2.32. The highest BCUT2D eigenvalue weighted by Gasteiger charge is 2.31. The van der Waals surface area contributed by atoms with Crippen LogP contribution in [0.25, 0.3) is 6.08 Å². The number of thiocarbonyl (C=S) groups is 1. The van der Waals surface area contributed by atoms with E-state index < -0.39 is 0 Å². The van der Waals surface area contributed by atoms with Crippen molar-refractivity contribution in [2.45, 2.75) is 26.7 Å². The van der Waals surface area contributed by atoms with Gasteiger partial charge in [0.15, 0.2) is 0 Å². The summed E-state index contributed by atoms with van der Waals surface area (Å²) >= 11 is 6.70. The molecule has 1 aliphatic rings. The van der Waals surface area contributed by atoms with Gasteiger partial charge in [-0.3, -0.25) is 14.5 Å². The number of hydrogen-bond donors (Lipinski definition) is 1. The molecule has 2 aromatic rings. The molecule has 2 aromatic carbocycles. The molecule has 7 heteroatoms. The number of nitrogens with one attached hydrogen (secondary N) is 1. The van der Waals surface area contributed by atoms with Crippen molar-refractivity contribution in [2.75, 3.05) is 18.5 Å². The molecule has 3 rings (SSSR count). The molecule has 0 radical (unpaired) electrons. The lowest BCUT2D eigenvalue weighted by molar-refractivity contribution is -0.122. The molecule has 166 valence electrons. The van der Waals surface area contributed by atoms with E-state index in [1.807, 2.05) is 74.5 Å². The first-order chi connectivity index (χ1) is 15.5. The molecule has 0 spiro atoms. The Kier molecular flexibility index (Phi) is 8.64. The fourth-order valence-electron chi connectivity index (χ4n) is 3.22. The largest absolute Gasteiger partial charge is 0.492 e. The van der Waals surface area contributed by atoms with Gasteiger partial charge < -0.3 is 10.1 Å². The van der Waals surface area contributed by atoms with Crippen LogP contribution in [-0.2, 0) is 9.59 Å². The quantitative estimate of drug-likeness (QED) is 0.382. The molecule has 0 aromatic heterocycles. The molecule has 1 aliphatic heterocycles. The number of allylic oxidation sites excluding steroid dienone is 2. The van der Waals surface area contributed by atoms with E-state index in [-0.39, 0.29) is 18.2 Å². The Balaban J connectivity index is 1.53. The summed E-state index contributed by atoms with van der Waals surface area (Å²) in [6, 6.07) is 17.3. The number of carbonyl (C=O) groups is 2. The minimum atomic E-state index is -0.125. The number of anilines is 1. The van der Waals surface area contributed by atoms with E-state index in [9.17, 15) is 9.59 Å². The van der Waals surface area contributed by atoms with E-state index in [2.05, 4.69) is 5.32 Å². The summed E-state index contributed by atoms with van der Waals surface area (Å²) in [4.78, 5) is 27.3. The molecule has 0 saturated carbocycles. The monoisotopic (exact) mass is 466 g/mol. The zero-order valence-electron chi connectivity index (χ0n) is 18.2. The van der Waals surface area contributed by atoms with Crippen molar-refractivity contribution in [2.24, 2.45) is 0 Å². The normalized spacial score (nSPS) is 15.4. The molecular formula is C25H26N2O3S2. The van der Waals surface area contributed by atoms with E-state index in [0.717, 1.165) is 11.1 Å². The fraction of sp³-hybridized carbons (Fsp3) is 0.240. The molecule has 2 amide bonds. The molecule has 0 atom stereocenters. The van der Waals surface area contributed by atoms with Gasteiger partial charge in [0, 0.05) is 13.0 Å². The number of hydrogen-bond acceptors (Lipinski definition) is 5. The van der Waals surface area contributed by atoms with Crippen LogP contribution in [0, 0.1) is 0 Å². The van der Waals surface area contributed by atoms with Gasteiger partial charge in [0.25, 0.3) is 5.91 Å². The van der Waals surface area contributed by atoms with Gasteiger partial charge in [-0.25, -0.2) is 0 Å². The molecule has 1 heterocycles. The van der Waals surface area contributed by atoms with Gasteiger partial charge >= 0.3 is 0 Å². The number of benzene rings is 2. The van der Waals surface area contributed by atoms with Crippen molar-refractivity contribution >= 4 is 51.9 Å². The van der Waals surface area contributed by atoms with Crippen LogP contribution >= 0.6 is 24.0 Å². The molecule has 32 heavy (non-hydrogen) atoms. The van der Waals surface area contributed by atoms with Crippen LogP contribution in [-0.4, -0.2) is 34.2 Å². The van der Waals surface area contributed by atoms with Gasteiger partial charge in [0.2, 0.25) is 5.91 Å². The van der Waals surface area contributed by atoms with E-state index in [0.29, 0.717) is 40.2 Å². The average Bonchev–Trinajstić information content (AvgIpc) is 3.03. The zero-order chi connectivity index (χ0) is 22.9. The first-order valence-corrected chi connectivity index (χ1v) is 11.7. The average molecular weight is 467 g/mol. The Labute approximate surface area is 198 Å². The van der Waals surface area contributed by atoms with Gasteiger partial charge in [0.1, 0.15) is 10.1 Å². The first kappa shape index (κ1) is 23.8. The topological polar surface area (TPSA) is 58.6 Å². The lowest BCUT2D eigenvalue weighted by Crippen LogP contribution is -2.29. The van der Waals surface area contributed by atoms with Crippen molar-refractivity contribution in [1.29, 1.82) is 0 Å². The molecule has 1 fully saturated rings. The van der Waals surface area contributed by atoms with Crippen molar-refractivity contribution in [3.63, 3.8) is 0 Å². The van der Waals surface area contributed by atoms with E-state index in [4.69, 9.17) is 17.0 Å².